The number of carbonyl (C=O) groups is 4. The summed E-state index contributed by atoms with van der Waals surface area (Å²) in [7, 11) is 0. The predicted molar refractivity (Wildman–Crippen MR) is 109 cm³/mol. The third kappa shape index (κ3) is 16.1. The van der Waals surface area contributed by atoms with Gasteiger partial charge >= 0.3 is 23.9 Å². The van der Waals surface area contributed by atoms with Gasteiger partial charge in [0.05, 0.1) is 0 Å². The SMILES string of the molecule is N[C@@H](CCC(=O)O)C(=O)O.N[C@@H](CS)C(=O)O.N[C@@H](Cc1ccc(O)cc1)C(=O)O. The van der Waals surface area contributed by atoms with Gasteiger partial charge < -0.3 is 42.7 Å². The molecule has 0 aliphatic heterocycles. The van der Waals surface area contributed by atoms with E-state index >= 15 is 0 Å². The van der Waals surface area contributed by atoms with E-state index in [1.807, 2.05) is 0 Å². The van der Waals surface area contributed by atoms with E-state index in [2.05, 4.69) is 12.6 Å². The highest BCUT2D eigenvalue weighted by atomic mass is 32.1. The molecule has 0 amide bonds. The van der Waals surface area contributed by atoms with Crippen LogP contribution in [0.3, 0.4) is 0 Å². The lowest BCUT2D eigenvalue weighted by molar-refractivity contribution is -0.140. The van der Waals surface area contributed by atoms with Crippen LogP contribution in [0.5, 0.6) is 5.75 Å². The van der Waals surface area contributed by atoms with Crippen LogP contribution in [0.4, 0.5) is 0 Å². The van der Waals surface area contributed by atoms with Crippen molar-refractivity contribution in [1.82, 2.24) is 0 Å². The quantitative estimate of drug-likeness (QED) is 0.205. The Morgan fingerprint density at radius 2 is 1.23 bits per heavy atom. The van der Waals surface area contributed by atoms with Crippen LogP contribution in [0.15, 0.2) is 24.3 Å². The molecule has 0 spiro atoms. The van der Waals surface area contributed by atoms with Gasteiger partial charge in [-0.3, -0.25) is 19.2 Å². The molecule has 30 heavy (non-hydrogen) atoms. The second-order valence-corrected chi connectivity index (χ2v) is 6.18. The number of hydrogen-bond acceptors (Lipinski definition) is 9. The summed E-state index contributed by atoms with van der Waals surface area (Å²) in [4.78, 5) is 40.0. The smallest absolute Gasteiger partial charge is 0.321 e. The van der Waals surface area contributed by atoms with Crippen molar-refractivity contribution in [2.24, 2.45) is 17.2 Å². The van der Waals surface area contributed by atoms with Crippen molar-refractivity contribution >= 4 is 36.5 Å². The molecule has 3 atom stereocenters. The minimum Gasteiger partial charge on any atom is -0.508 e. The molecule has 12 nitrogen and oxygen atoms in total. The monoisotopic (exact) mass is 449 g/mol. The number of benzene rings is 1. The Morgan fingerprint density at radius 3 is 1.53 bits per heavy atom. The lowest BCUT2D eigenvalue weighted by Gasteiger charge is -2.05. The standard InChI is InChI=1S/C9H11NO3.C5H9NO4.C3H7NO2S/c10-8(9(12)13)5-6-1-3-7(11)4-2-6;6-3(5(9)10)1-2-4(7)8;4-2(1-7)3(5)6/h1-4,8,11H,5,10H2,(H,12,13);3H,1-2,6H2,(H,7,8)(H,9,10);2,7H,1,4H2,(H,5,6)/t8-;3-;2-/m000/s1. The molecule has 0 aliphatic carbocycles. The number of carboxylic acids is 4. The number of aliphatic carboxylic acids is 4. The third-order valence-corrected chi connectivity index (χ3v) is 3.60. The highest BCUT2D eigenvalue weighted by Crippen LogP contribution is 2.10. The molecule has 1 rings (SSSR count). The van der Waals surface area contributed by atoms with Crippen LogP contribution in [-0.4, -0.2) is 73.3 Å². The van der Waals surface area contributed by atoms with Gasteiger partial charge in [-0.15, -0.1) is 0 Å². The maximum absolute atomic E-state index is 10.4. The molecule has 0 aromatic heterocycles. The van der Waals surface area contributed by atoms with E-state index in [9.17, 15) is 19.2 Å². The molecular formula is C17H27N3O9S. The first-order chi connectivity index (χ1) is 13.8. The van der Waals surface area contributed by atoms with Crippen molar-refractivity contribution in [1.29, 1.82) is 0 Å². The van der Waals surface area contributed by atoms with E-state index < -0.39 is 42.0 Å². The van der Waals surface area contributed by atoms with Gasteiger partial charge in [0, 0.05) is 12.2 Å². The van der Waals surface area contributed by atoms with Gasteiger partial charge in [-0.05, 0) is 30.5 Å². The minimum absolute atomic E-state index is 0.0231. The van der Waals surface area contributed by atoms with Gasteiger partial charge in [0.25, 0.3) is 0 Å². The van der Waals surface area contributed by atoms with Crippen molar-refractivity contribution in [3.8, 4) is 5.75 Å². The second kappa shape index (κ2) is 16.0. The van der Waals surface area contributed by atoms with Gasteiger partial charge in [0.2, 0.25) is 0 Å². The van der Waals surface area contributed by atoms with Crippen molar-refractivity contribution < 1.29 is 44.7 Å². The third-order valence-electron chi connectivity index (χ3n) is 3.21. The highest BCUT2D eigenvalue weighted by molar-refractivity contribution is 7.80. The predicted octanol–water partition coefficient (Wildman–Crippen LogP) is -1.06. The Kier molecular flexibility index (Phi) is 15.6. The Labute approximate surface area is 177 Å². The van der Waals surface area contributed by atoms with E-state index in [4.69, 9.17) is 42.7 Å². The number of hydrogen-bond donors (Lipinski definition) is 9. The molecule has 0 unspecified atom stereocenters. The molecule has 0 fully saturated rings. The van der Waals surface area contributed by atoms with Gasteiger partial charge in [-0.1, -0.05) is 12.1 Å². The van der Waals surface area contributed by atoms with E-state index in [0.717, 1.165) is 5.56 Å². The maximum atomic E-state index is 10.4. The molecule has 0 heterocycles. The Bertz CT molecular complexity index is 686. The van der Waals surface area contributed by atoms with Gasteiger partial charge in [-0.25, -0.2) is 0 Å². The molecule has 0 aliphatic rings. The Hall–Kier alpha value is -2.87. The summed E-state index contributed by atoms with van der Waals surface area (Å²) in [6.45, 7) is 0. The second-order valence-electron chi connectivity index (χ2n) is 5.82. The molecule has 0 radical (unpaired) electrons. The molecule has 13 heteroatoms. The van der Waals surface area contributed by atoms with Crippen molar-refractivity contribution in [3.05, 3.63) is 29.8 Å². The Balaban J connectivity index is 0. The molecule has 0 bridgehead atoms. The fourth-order valence-corrected chi connectivity index (χ4v) is 1.61. The molecular weight excluding hydrogens is 422 g/mol. The molecule has 1 aromatic rings. The average Bonchev–Trinajstić information content (AvgIpc) is 2.67. The average molecular weight is 449 g/mol. The molecule has 0 saturated carbocycles. The zero-order chi connectivity index (χ0) is 23.9. The topological polar surface area (TPSA) is 247 Å². The molecule has 170 valence electrons. The fourth-order valence-electron chi connectivity index (χ4n) is 1.45. The van der Waals surface area contributed by atoms with Gasteiger partial charge in [0.15, 0.2) is 0 Å². The van der Waals surface area contributed by atoms with Crippen molar-refractivity contribution in [2.75, 3.05) is 5.75 Å². The number of rotatable bonds is 9. The van der Waals surface area contributed by atoms with Gasteiger partial charge in [-0.2, -0.15) is 12.6 Å². The van der Waals surface area contributed by atoms with E-state index in [0.29, 0.717) is 0 Å². The summed E-state index contributed by atoms with van der Waals surface area (Å²) in [5.74, 6) is -3.87. The van der Waals surface area contributed by atoms with Crippen LogP contribution in [0.2, 0.25) is 0 Å². The van der Waals surface area contributed by atoms with Crippen LogP contribution in [-0.2, 0) is 25.6 Å². The Morgan fingerprint density at radius 1 is 0.800 bits per heavy atom. The van der Waals surface area contributed by atoms with Crippen LogP contribution in [0.25, 0.3) is 0 Å². The maximum Gasteiger partial charge on any atom is 0.321 e. The lowest BCUT2D eigenvalue weighted by atomic mass is 10.1. The number of aromatic hydroxyl groups is 1. The number of carboxylic acid groups (broad SMARTS) is 4. The van der Waals surface area contributed by atoms with Crippen molar-refractivity contribution in [2.45, 2.75) is 37.4 Å². The van der Waals surface area contributed by atoms with Crippen LogP contribution >= 0.6 is 12.6 Å². The van der Waals surface area contributed by atoms with Gasteiger partial charge in [0.1, 0.15) is 23.9 Å². The number of phenols is 1. The molecule has 1 aromatic carbocycles. The van der Waals surface area contributed by atoms with Crippen molar-refractivity contribution in [3.63, 3.8) is 0 Å². The van der Waals surface area contributed by atoms with E-state index in [-0.39, 0.29) is 30.8 Å². The summed E-state index contributed by atoms with van der Waals surface area (Å²) < 4.78 is 0. The summed E-state index contributed by atoms with van der Waals surface area (Å²) in [5, 5.41) is 41.8. The normalized spacial score (nSPS) is 12.7. The fraction of sp³-hybridized carbons (Fsp3) is 0.412. The summed E-state index contributed by atoms with van der Waals surface area (Å²) in [6, 6.07) is 3.55. The van der Waals surface area contributed by atoms with Crippen LogP contribution in [0, 0.1) is 0 Å². The lowest BCUT2D eigenvalue weighted by Crippen LogP contribution is -2.32. The zero-order valence-electron chi connectivity index (χ0n) is 15.9. The summed E-state index contributed by atoms with van der Waals surface area (Å²) in [6.07, 6.45) is 0.0494. The first-order valence-electron chi connectivity index (χ1n) is 8.37. The first-order valence-corrected chi connectivity index (χ1v) is 9.00. The summed E-state index contributed by atoms with van der Waals surface area (Å²) in [5.41, 5.74) is 16.1. The number of nitrogens with two attached hydrogens (primary N) is 3. The molecule has 11 N–H and O–H groups in total. The van der Waals surface area contributed by atoms with Crippen LogP contribution in [0.1, 0.15) is 18.4 Å². The van der Waals surface area contributed by atoms with Crippen LogP contribution < -0.4 is 17.2 Å². The first kappa shape index (κ1) is 29.3. The largest absolute Gasteiger partial charge is 0.508 e. The van der Waals surface area contributed by atoms with E-state index in [1.54, 1.807) is 12.1 Å². The summed E-state index contributed by atoms with van der Waals surface area (Å²) >= 11 is 3.65. The zero-order valence-corrected chi connectivity index (χ0v) is 16.8. The number of phenolic OH excluding ortho intramolecular Hbond substituents is 1. The number of thiol groups is 1. The highest BCUT2D eigenvalue weighted by Gasteiger charge is 2.12. The molecule has 0 saturated heterocycles. The minimum atomic E-state index is -1.17. The van der Waals surface area contributed by atoms with E-state index in [1.165, 1.54) is 12.1 Å².